The van der Waals surface area contributed by atoms with Gasteiger partial charge < -0.3 is 11.5 Å². The molecule has 0 saturated heterocycles. The Hall–Kier alpha value is -1.18. The molecule has 1 rings (SSSR count). The quantitative estimate of drug-likeness (QED) is 0.296. The van der Waals surface area contributed by atoms with Gasteiger partial charge in [0.1, 0.15) is 0 Å². The molecule has 0 radical (unpaired) electrons. The van der Waals surface area contributed by atoms with Gasteiger partial charge in [-0.3, -0.25) is 0 Å². The molecule has 0 fully saturated rings. The van der Waals surface area contributed by atoms with Gasteiger partial charge >= 0.3 is 0 Å². The zero-order chi connectivity index (χ0) is 17.6. The van der Waals surface area contributed by atoms with Crippen LogP contribution in [0.2, 0.25) is 0 Å². The Kier molecular flexibility index (Phi) is 11.4. The first-order chi connectivity index (χ1) is 11.7. The Morgan fingerprint density at radius 3 is 1.25 bits per heavy atom. The summed E-state index contributed by atoms with van der Waals surface area (Å²) in [6.45, 7) is 4.52. The molecule has 0 amide bonds. The Balaban J connectivity index is 2.33. The van der Waals surface area contributed by atoms with Crippen molar-refractivity contribution in [1.29, 1.82) is 0 Å². The van der Waals surface area contributed by atoms with Crippen molar-refractivity contribution in [2.45, 2.75) is 104 Å². The molecule has 2 heteroatoms. The van der Waals surface area contributed by atoms with Crippen LogP contribution in [0.3, 0.4) is 0 Å². The molecule has 0 unspecified atom stereocenters. The van der Waals surface area contributed by atoms with Crippen LogP contribution in [0.25, 0.3) is 0 Å². The minimum Gasteiger partial charge on any atom is -0.398 e. The van der Waals surface area contributed by atoms with Crippen molar-refractivity contribution in [3.8, 4) is 0 Å². The molecule has 0 heterocycles. The van der Waals surface area contributed by atoms with Gasteiger partial charge in [-0.1, -0.05) is 78.1 Å². The van der Waals surface area contributed by atoms with E-state index in [0.717, 1.165) is 24.2 Å². The lowest BCUT2D eigenvalue weighted by molar-refractivity contribution is 0.606. The van der Waals surface area contributed by atoms with Crippen LogP contribution in [0.4, 0.5) is 11.4 Å². The fourth-order valence-corrected chi connectivity index (χ4v) is 3.35. The van der Waals surface area contributed by atoms with Crippen LogP contribution < -0.4 is 11.5 Å². The molecule has 0 saturated carbocycles. The summed E-state index contributed by atoms with van der Waals surface area (Å²) in [6, 6.07) is 4.27. The van der Waals surface area contributed by atoms with E-state index in [1.807, 2.05) is 0 Å². The van der Waals surface area contributed by atoms with Crippen molar-refractivity contribution in [1.82, 2.24) is 0 Å². The average molecular weight is 333 g/mol. The van der Waals surface area contributed by atoms with Crippen LogP contribution in [0, 0.1) is 0 Å². The predicted molar refractivity (Wildman–Crippen MR) is 109 cm³/mol. The van der Waals surface area contributed by atoms with Gasteiger partial charge in [-0.25, -0.2) is 0 Å². The lowest BCUT2D eigenvalue weighted by Gasteiger charge is -2.12. The van der Waals surface area contributed by atoms with Crippen LogP contribution in [-0.4, -0.2) is 0 Å². The first-order valence-corrected chi connectivity index (χ1v) is 10.4. The highest BCUT2D eigenvalue weighted by molar-refractivity contribution is 5.60. The molecular formula is C22H40N2. The first-order valence-electron chi connectivity index (χ1n) is 10.4. The summed E-state index contributed by atoms with van der Waals surface area (Å²) in [4.78, 5) is 0. The van der Waals surface area contributed by atoms with Gasteiger partial charge in [-0.15, -0.1) is 0 Å². The van der Waals surface area contributed by atoms with Crippen LogP contribution in [-0.2, 0) is 12.8 Å². The van der Waals surface area contributed by atoms with Crippen molar-refractivity contribution < 1.29 is 0 Å². The molecule has 0 aliphatic heterocycles. The summed E-state index contributed by atoms with van der Waals surface area (Å²) in [7, 11) is 0. The van der Waals surface area contributed by atoms with Gasteiger partial charge in [0, 0.05) is 11.4 Å². The molecule has 24 heavy (non-hydrogen) atoms. The molecular weight excluding hydrogens is 292 g/mol. The summed E-state index contributed by atoms with van der Waals surface area (Å²) in [5.74, 6) is 0. The molecule has 0 atom stereocenters. The van der Waals surface area contributed by atoms with E-state index in [9.17, 15) is 0 Å². The maximum absolute atomic E-state index is 6.27. The largest absolute Gasteiger partial charge is 0.398 e. The van der Waals surface area contributed by atoms with Gasteiger partial charge in [-0.2, -0.15) is 0 Å². The van der Waals surface area contributed by atoms with Gasteiger partial charge in [-0.05, 0) is 48.9 Å². The van der Waals surface area contributed by atoms with Gasteiger partial charge in [0.05, 0.1) is 0 Å². The van der Waals surface area contributed by atoms with E-state index in [-0.39, 0.29) is 0 Å². The maximum atomic E-state index is 6.27. The molecule has 2 nitrogen and oxygen atoms in total. The van der Waals surface area contributed by atoms with Crippen LogP contribution in [0.1, 0.15) is 102 Å². The molecule has 1 aromatic carbocycles. The lowest BCUT2D eigenvalue weighted by atomic mass is 9.98. The van der Waals surface area contributed by atoms with Crippen molar-refractivity contribution in [2.75, 3.05) is 11.5 Å². The number of aryl methyl sites for hydroxylation is 2. The summed E-state index contributed by atoms with van der Waals surface area (Å²) in [5, 5.41) is 0. The Labute approximate surface area is 150 Å². The van der Waals surface area contributed by atoms with Crippen LogP contribution in [0.15, 0.2) is 12.1 Å². The number of rotatable bonds is 14. The summed E-state index contributed by atoms with van der Waals surface area (Å²) >= 11 is 0. The van der Waals surface area contributed by atoms with E-state index in [2.05, 4.69) is 26.0 Å². The van der Waals surface area contributed by atoms with Crippen LogP contribution >= 0.6 is 0 Å². The number of unbranched alkanes of at least 4 members (excludes halogenated alkanes) is 10. The van der Waals surface area contributed by atoms with Gasteiger partial charge in [0.25, 0.3) is 0 Å². The Morgan fingerprint density at radius 1 is 0.542 bits per heavy atom. The smallest absolute Gasteiger partial charge is 0.0350 e. The van der Waals surface area contributed by atoms with E-state index in [1.54, 1.807) is 0 Å². The third kappa shape index (κ3) is 8.61. The monoisotopic (exact) mass is 332 g/mol. The average Bonchev–Trinajstić information content (AvgIpc) is 2.57. The topological polar surface area (TPSA) is 52.0 Å². The van der Waals surface area contributed by atoms with E-state index in [0.29, 0.717) is 0 Å². The first kappa shape index (κ1) is 20.9. The summed E-state index contributed by atoms with van der Waals surface area (Å²) in [6.07, 6.45) is 18.0. The molecule has 0 aliphatic carbocycles. The van der Waals surface area contributed by atoms with E-state index in [4.69, 9.17) is 11.5 Å². The number of anilines is 2. The fourth-order valence-electron chi connectivity index (χ4n) is 3.35. The minimum atomic E-state index is 0.943. The highest BCUT2D eigenvalue weighted by atomic mass is 14.6. The summed E-state index contributed by atoms with van der Waals surface area (Å²) < 4.78 is 0. The van der Waals surface area contributed by atoms with Crippen LogP contribution in [0.5, 0.6) is 0 Å². The van der Waals surface area contributed by atoms with Gasteiger partial charge in [0.15, 0.2) is 0 Å². The lowest BCUT2D eigenvalue weighted by Crippen LogP contribution is -2.02. The van der Waals surface area contributed by atoms with Crippen molar-refractivity contribution in [2.24, 2.45) is 0 Å². The highest BCUT2D eigenvalue weighted by Crippen LogP contribution is 2.25. The highest BCUT2D eigenvalue weighted by Gasteiger charge is 2.06. The second-order valence-corrected chi connectivity index (χ2v) is 7.29. The SMILES string of the molecule is CCCCCCCCc1cc(N)c(CCCCCCCC)cc1N. The number of benzene rings is 1. The maximum Gasteiger partial charge on any atom is 0.0350 e. The zero-order valence-electron chi connectivity index (χ0n) is 16.2. The number of hydrogen-bond donors (Lipinski definition) is 2. The standard InChI is InChI=1S/C22H40N2/c1-3-5-7-9-11-13-15-19-17-22(24)20(18-21(19)23)16-14-12-10-8-6-4-2/h17-18H,3-16,23-24H2,1-2H3. The molecule has 0 spiro atoms. The molecule has 0 aromatic heterocycles. The fraction of sp³-hybridized carbons (Fsp3) is 0.727. The second-order valence-electron chi connectivity index (χ2n) is 7.29. The number of nitrogen functional groups attached to an aromatic ring is 2. The molecule has 0 bridgehead atoms. The zero-order valence-corrected chi connectivity index (χ0v) is 16.2. The van der Waals surface area contributed by atoms with Crippen molar-refractivity contribution >= 4 is 11.4 Å². The van der Waals surface area contributed by atoms with E-state index >= 15 is 0 Å². The Morgan fingerprint density at radius 2 is 0.875 bits per heavy atom. The summed E-state index contributed by atoms with van der Waals surface area (Å²) in [5.41, 5.74) is 16.9. The molecule has 4 N–H and O–H groups in total. The third-order valence-corrected chi connectivity index (χ3v) is 5.00. The predicted octanol–water partition coefficient (Wildman–Crippen LogP) is 6.66. The Bertz CT molecular complexity index is 398. The molecule has 138 valence electrons. The van der Waals surface area contributed by atoms with E-state index in [1.165, 1.54) is 88.2 Å². The van der Waals surface area contributed by atoms with Crippen molar-refractivity contribution in [3.63, 3.8) is 0 Å². The van der Waals surface area contributed by atoms with Crippen molar-refractivity contribution in [3.05, 3.63) is 23.3 Å². The third-order valence-electron chi connectivity index (χ3n) is 5.00. The van der Waals surface area contributed by atoms with Gasteiger partial charge in [0.2, 0.25) is 0 Å². The number of hydrogen-bond acceptors (Lipinski definition) is 2. The number of nitrogens with two attached hydrogens (primary N) is 2. The second kappa shape index (κ2) is 13.1. The minimum absolute atomic E-state index is 0.943. The molecule has 1 aromatic rings. The van der Waals surface area contributed by atoms with E-state index < -0.39 is 0 Å². The normalized spacial score (nSPS) is 11.1. The molecule has 0 aliphatic rings.